The molecule has 0 aromatic carbocycles. The van der Waals surface area contributed by atoms with Gasteiger partial charge in [0, 0.05) is 10.9 Å². The number of esters is 1. The van der Waals surface area contributed by atoms with E-state index >= 15 is 0 Å². The van der Waals surface area contributed by atoms with Crippen LogP contribution in [0.15, 0.2) is 17.5 Å². The molecule has 0 aliphatic heterocycles. The number of carbonyl (C=O) groups is 1. The van der Waals surface area contributed by atoms with Crippen molar-refractivity contribution in [1.82, 2.24) is 0 Å². The average Bonchev–Trinajstić information content (AvgIpc) is 2.63. The van der Waals surface area contributed by atoms with Gasteiger partial charge in [-0.25, -0.2) is 0 Å². The molecule has 1 unspecified atom stereocenters. The standard InChI is InChI=1S/C13H21NO2S/c1-13(2,3)8-10(14)7-12(15)16-9-11-5-4-6-17-11/h4-6,10H,7-9,14H2,1-3H3. The van der Waals surface area contributed by atoms with Crippen LogP contribution in [0.5, 0.6) is 0 Å². The van der Waals surface area contributed by atoms with Crippen LogP contribution in [0, 0.1) is 5.41 Å². The molecule has 0 spiro atoms. The zero-order valence-electron chi connectivity index (χ0n) is 10.7. The smallest absolute Gasteiger partial charge is 0.307 e. The van der Waals surface area contributed by atoms with Crippen molar-refractivity contribution in [2.24, 2.45) is 11.1 Å². The molecule has 4 heteroatoms. The summed E-state index contributed by atoms with van der Waals surface area (Å²) < 4.78 is 5.16. The highest BCUT2D eigenvalue weighted by Gasteiger charge is 2.18. The largest absolute Gasteiger partial charge is 0.460 e. The van der Waals surface area contributed by atoms with E-state index in [9.17, 15) is 4.79 Å². The Morgan fingerprint density at radius 1 is 1.53 bits per heavy atom. The minimum Gasteiger partial charge on any atom is -0.460 e. The first kappa shape index (κ1) is 14.2. The van der Waals surface area contributed by atoms with E-state index in [2.05, 4.69) is 20.8 Å². The van der Waals surface area contributed by atoms with Crippen LogP contribution in [0.3, 0.4) is 0 Å². The number of hydrogen-bond donors (Lipinski definition) is 1. The topological polar surface area (TPSA) is 52.3 Å². The Morgan fingerprint density at radius 3 is 2.76 bits per heavy atom. The molecule has 1 rings (SSSR count). The lowest BCUT2D eigenvalue weighted by Gasteiger charge is -2.22. The van der Waals surface area contributed by atoms with E-state index in [-0.39, 0.29) is 17.4 Å². The molecule has 17 heavy (non-hydrogen) atoms. The van der Waals surface area contributed by atoms with E-state index in [4.69, 9.17) is 10.5 Å². The van der Waals surface area contributed by atoms with Gasteiger partial charge >= 0.3 is 5.97 Å². The third kappa shape index (κ3) is 6.44. The summed E-state index contributed by atoms with van der Waals surface area (Å²) in [7, 11) is 0. The van der Waals surface area contributed by atoms with Gasteiger partial charge in [-0.05, 0) is 23.3 Å². The van der Waals surface area contributed by atoms with Crippen LogP contribution in [0.2, 0.25) is 0 Å². The predicted octanol–water partition coefficient (Wildman–Crippen LogP) is 2.94. The van der Waals surface area contributed by atoms with E-state index in [1.165, 1.54) is 0 Å². The minimum absolute atomic E-state index is 0.120. The molecule has 96 valence electrons. The van der Waals surface area contributed by atoms with E-state index in [1.54, 1.807) is 11.3 Å². The molecule has 2 N–H and O–H groups in total. The molecule has 0 aliphatic carbocycles. The summed E-state index contributed by atoms with van der Waals surface area (Å²) in [5.74, 6) is -0.213. The zero-order chi connectivity index (χ0) is 12.9. The van der Waals surface area contributed by atoms with Gasteiger partial charge in [0.15, 0.2) is 0 Å². The number of hydrogen-bond acceptors (Lipinski definition) is 4. The van der Waals surface area contributed by atoms with Gasteiger partial charge in [-0.2, -0.15) is 0 Å². The lowest BCUT2D eigenvalue weighted by atomic mass is 9.87. The first-order valence-electron chi connectivity index (χ1n) is 5.80. The normalized spacial score (nSPS) is 13.4. The summed E-state index contributed by atoms with van der Waals surface area (Å²) in [6.07, 6.45) is 1.11. The van der Waals surface area contributed by atoms with Gasteiger partial charge in [0.05, 0.1) is 6.42 Å². The molecule has 0 fully saturated rings. The van der Waals surface area contributed by atoms with Crippen LogP contribution in [0.1, 0.15) is 38.5 Å². The van der Waals surface area contributed by atoms with Crippen LogP contribution in [0.4, 0.5) is 0 Å². The molecule has 0 bridgehead atoms. The Labute approximate surface area is 107 Å². The SMILES string of the molecule is CC(C)(C)CC(N)CC(=O)OCc1cccs1. The van der Waals surface area contributed by atoms with Crippen LogP contribution in [0.25, 0.3) is 0 Å². The Bertz CT molecular complexity index is 341. The molecular formula is C13H21NO2S. The monoisotopic (exact) mass is 255 g/mol. The van der Waals surface area contributed by atoms with Gasteiger partial charge in [-0.1, -0.05) is 26.8 Å². The fraction of sp³-hybridized carbons (Fsp3) is 0.615. The summed E-state index contributed by atoms with van der Waals surface area (Å²) in [6.45, 7) is 6.70. The van der Waals surface area contributed by atoms with Crippen molar-refractivity contribution < 1.29 is 9.53 Å². The maximum Gasteiger partial charge on any atom is 0.307 e. The van der Waals surface area contributed by atoms with Crippen molar-refractivity contribution in [3.63, 3.8) is 0 Å². The Balaban J connectivity index is 2.25. The van der Waals surface area contributed by atoms with Crippen molar-refractivity contribution in [3.8, 4) is 0 Å². The van der Waals surface area contributed by atoms with Gasteiger partial charge < -0.3 is 10.5 Å². The van der Waals surface area contributed by atoms with E-state index in [0.717, 1.165) is 11.3 Å². The molecule has 1 heterocycles. The van der Waals surface area contributed by atoms with Crippen LogP contribution >= 0.6 is 11.3 Å². The van der Waals surface area contributed by atoms with E-state index in [1.807, 2.05) is 17.5 Å². The van der Waals surface area contributed by atoms with Crippen molar-refractivity contribution >= 4 is 17.3 Å². The summed E-state index contributed by atoms with van der Waals surface area (Å²) in [5.41, 5.74) is 6.06. The van der Waals surface area contributed by atoms with E-state index < -0.39 is 0 Å². The first-order valence-corrected chi connectivity index (χ1v) is 6.68. The maximum atomic E-state index is 11.5. The van der Waals surface area contributed by atoms with Gasteiger partial charge in [0.1, 0.15) is 6.61 Å². The Morgan fingerprint density at radius 2 is 2.24 bits per heavy atom. The molecule has 1 aromatic heterocycles. The molecule has 0 saturated carbocycles. The Hall–Kier alpha value is -0.870. The van der Waals surface area contributed by atoms with Crippen LogP contribution < -0.4 is 5.73 Å². The second-order valence-electron chi connectivity index (χ2n) is 5.47. The first-order chi connectivity index (χ1) is 7.87. The number of thiophene rings is 1. The van der Waals surface area contributed by atoms with E-state index in [0.29, 0.717) is 13.0 Å². The summed E-state index contributed by atoms with van der Waals surface area (Å²) in [4.78, 5) is 12.6. The minimum atomic E-state index is -0.213. The second kappa shape index (κ2) is 6.17. The molecule has 0 amide bonds. The molecule has 3 nitrogen and oxygen atoms in total. The Kier molecular flexibility index (Phi) is 5.15. The summed E-state index contributed by atoms with van der Waals surface area (Å²) >= 11 is 1.59. The fourth-order valence-electron chi connectivity index (χ4n) is 1.68. The second-order valence-corrected chi connectivity index (χ2v) is 6.50. The molecule has 1 aromatic rings. The average molecular weight is 255 g/mol. The van der Waals surface area contributed by atoms with Gasteiger partial charge in [-0.15, -0.1) is 11.3 Å². The number of carbonyl (C=O) groups excluding carboxylic acids is 1. The van der Waals surface area contributed by atoms with Crippen molar-refractivity contribution in [2.45, 2.75) is 46.3 Å². The number of nitrogens with two attached hydrogens (primary N) is 1. The molecule has 0 saturated heterocycles. The third-order valence-corrected chi connectivity index (χ3v) is 3.11. The number of ether oxygens (including phenoxy) is 1. The zero-order valence-corrected chi connectivity index (χ0v) is 11.5. The van der Waals surface area contributed by atoms with Crippen molar-refractivity contribution in [2.75, 3.05) is 0 Å². The van der Waals surface area contributed by atoms with Crippen molar-refractivity contribution in [1.29, 1.82) is 0 Å². The van der Waals surface area contributed by atoms with Crippen LogP contribution in [-0.2, 0) is 16.1 Å². The van der Waals surface area contributed by atoms with Gasteiger partial charge in [0.25, 0.3) is 0 Å². The van der Waals surface area contributed by atoms with Crippen LogP contribution in [-0.4, -0.2) is 12.0 Å². The van der Waals surface area contributed by atoms with Crippen molar-refractivity contribution in [3.05, 3.63) is 22.4 Å². The third-order valence-electron chi connectivity index (χ3n) is 2.26. The lowest BCUT2D eigenvalue weighted by Crippen LogP contribution is -2.29. The summed E-state index contributed by atoms with van der Waals surface area (Å²) in [5, 5.41) is 1.97. The quantitative estimate of drug-likeness (QED) is 0.823. The molecule has 1 atom stereocenters. The highest BCUT2D eigenvalue weighted by molar-refractivity contribution is 7.09. The van der Waals surface area contributed by atoms with Gasteiger partial charge in [-0.3, -0.25) is 4.79 Å². The van der Waals surface area contributed by atoms with Gasteiger partial charge in [0.2, 0.25) is 0 Å². The lowest BCUT2D eigenvalue weighted by molar-refractivity contribution is -0.145. The molecule has 0 radical (unpaired) electrons. The predicted molar refractivity (Wildman–Crippen MR) is 70.8 cm³/mol. The summed E-state index contributed by atoms with van der Waals surface area (Å²) in [6, 6.07) is 3.78. The molecular weight excluding hydrogens is 234 g/mol. The maximum absolute atomic E-state index is 11.5. The molecule has 0 aliphatic rings. The number of rotatable bonds is 5. The highest BCUT2D eigenvalue weighted by atomic mass is 32.1. The fourth-order valence-corrected chi connectivity index (χ4v) is 2.29. The highest BCUT2D eigenvalue weighted by Crippen LogP contribution is 2.21.